The number of rotatable bonds is 10. The SMILES string of the molecule is CCOc1cc(/C=C/C(=O)c2ccc(-n3ccnc3)cc2)ccc1OCC(=O)Nc1ccc(C)cc1. The molecule has 0 saturated heterocycles. The third-order valence-corrected chi connectivity index (χ3v) is 5.34. The van der Waals surface area contributed by atoms with Crippen LogP contribution in [0.4, 0.5) is 5.69 Å². The van der Waals surface area contributed by atoms with Crippen LogP contribution in [0.1, 0.15) is 28.4 Å². The van der Waals surface area contributed by atoms with E-state index >= 15 is 0 Å². The maximum Gasteiger partial charge on any atom is 0.262 e. The second kappa shape index (κ2) is 11.7. The van der Waals surface area contributed by atoms with Gasteiger partial charge in [0.15, 0.2) is 23.9 Å². The van der Waals surface area contributed by atoms with Crippen LogP contribution in [0.15, 0.2) is 91.5 Å². The molecule has 0 unspecified atom stereocenters. The van der Waals surface area contributed by atoms with Crippen LogP contribution in [-0.4, -0.2) is 34.5 Å². The van der Waals surface area contributed by atoms with Crippen molar-refractivity contribution in [2.45, 2.75) is 13.8 Å². The summed E-state index contributed by atoms with van der Waals surface area (Å²) in [4.78, 5) is 28.9. The Morgan fingerprint density at radius 2 is 1.75 bits per heavy atom. The molecule has 0 fully saturated rings. The lowest BCUT2D eigenvalue weighted by Gasteiger charge is -2.13. The summed E-state index contributed by atoms with van der Waals surface area (Å²) < 4.78 is 13.3. The van der Waals surface area contributed by atoms with Crippen LogP contribution in [0.5, 0.6) is 11.5 Å². The van der Waals surface area contributed by atoms with E-state index in [9.17, 15) is 9.59 Å². The molecule has 1 N–H and O–H groups in total. The van der Waals surface area contributed by atoms with E-state index in [-0.39, 0.29) is 18.3 Å². The number of aryl methyl sites for hydroxylation is 1. The Morgan fingerprint density at radius 3 is 2.44 bits per heavy atom. The number of ketones is 1. The molecule has 4 aromatic rings. The maximum atomic E-state index is 12.6. The fourth-order valence-electron chi connectivity index (χ4n) is 3.47. The quantitative estimate of drug-likeness (QED) is 0.239. The predicted molar refractivity (Wildman–Crippen MR) is 140 cm³/mol. The zero-order valence-corrected chi connectivity index (χ0v) is 20.2. The van der Waals surface area contributed by atoms with E-state index in [2.05, 4.69) is 10.3 Å². The first-order valence-corrected chi connectivity index (χ1v) is 11.6. The Balaban J connectivity index is 1.38. The van der Waals surface area contributed by atoms with Crippen molar-refractivity contribution in [3.05, 3.63) is 108 Å². The van der Waals surface area contributed by atoms with Gasteiger partial charge >= 0.3 is 0 Å². The standard InChI is InChI=1S/C29H27N3O4/c1-3-35-28-18-22(6-14-26(33)23-8-12-25(13-9-23)32-17-16-30-20-32)7-15-27(28)36-19-29(34)31-24-10-4-21(2)5-11-24/h4-18,20H,3,19H2,1-2H3,(H,31,34)/b14-6+. The number of ether oxygens (including phenoxy) is 2. The molecule has 36 heavy (non-hydrogen) atoms. The highest BCUT2D eigenvalue weighted by Crippen LogP contribution is 2.29. The summed E-state index contributed by atoms with van der Waals surface area (Å²) in [6.07, 6.45) is 8.50. The number of nitrogens with zero attached hydrogens (tertiary/aromatic N) is 2. The number of allylic oxidation sites excluding steroid dienone is 1. The lowest BCUT2D eigenvalue weighted by Crippen LogP contribution is -2.20. The molecule has 0 aliphatic carbocycles. The van der Waals surface area contributed by atoms with Crippen LogP contribution in [0.2, 0.25) is 0 Å². The van der Waals surface area contributed by atoms with Gasteiger partial charge in [-0.2, -0.15) is 0 Å². The van der Waals surface area contributed by atoms with Crippen LogP contribution < -0.4 is 14.8 Å². The number of carbonyl (C=O) groups excluding carboxylic acids is 2. The smallest absolute Gasteiger partial charge is 0.262 e. The highest BCUT2D eigenvalue weighted by atomic mass is 16.5. The minimum atomic E-state index is -0.269. The number of carbonyl (C=O) groups is 2. The Morgan fingerprint density at radius 1 is 0.972 bits per heavy atom. The average molecular weight is 482 g/mol. The average Bonchev–Trinajstić information content (AvgIpc) is 3.43. The van der Waals surface area contributed by atoms with Crippen molar-refractivity contribution in [2.24, 2.45) is 0 Å². The van der Waals surface area contributed by atoms with Gasteiger partial charge in [0.25, 0.3) is 5.91 Å². The number of hydrogen-bond acceptors (Lipinski definition) is 5. The van der Waals surface area contributed by atoms with Crippen molar-refractivity contribution in [3.63, 3.8) is 0 Å². The van der Waals surface area contributed by atoms with Gasteiger partial charge in [0.1, 0.15) is 0 Å². The van der Waals surface area contributed by atoms with Crippen molar-refractivity contribution in [2.75, 3.05) is 18.5 Å². The Hall–Kier alpha value is -4.65. The van der Waals surface area contributed by atoms with E-state index in [0.717, 1.165) is 16.8 Å². The summed E-state index contributed by atoms with van der Waals surface area (Å²) in [5, 5.41) is 2.80. The molecular weight excluding hydrogens is 454 g/mol. The number of benzene rings is 3. The molecule has 1 aromatic heterocycles. The molecule has 3 aromatic carbocycles. The first-order valence-electron chi connectivity index (χ1n) is 11.6. The minimum absolute atomic E-state index is 0.113. The Kier molecular flexibility index (Phi) is 7.93. The van der Waals surface area contributed by atoms with Gasteiger partial charge in [-0.1, -0.05) is 29.8 Å². The number of amides is 1. The second-order valence-electron chi connectivity index (χ2n) is 8.06. The van der Waals surface area contributed by atoms with Crippen LogP contribution in [-0.2, 0) is 4.79 Å². The molecule has 182 valence electrons. The molecule has 4 rings (SSSR count). The van der Waals surface area contributed by atoms with Crippen LogP contribution in [0.3, 0.4) is 0 Å². The van der Waals surface area contributed by atoms with E-state index in [1.165, 1.54) is 6.08 Å². The molecule has 1 heterocycles. The van der Waals surface area contributed by atoms with Crippen LogP contribution >= 0.6 is 0 Å². The lowest BCUT2D eigenvalue weighted by molar-refractivity contribution is -0.118. The number of aromatic nitrogens is 2. The fraction of sp³-hybridized carbons (Fsp3) is 0.138. The normalized spacial score (nSPS) is 10.8. The van der Waals surface area contributed by atoms with E-state index < -0.39 is 0 Å². The second-order valence-corrected chi connectivity index (χ2v) is 8.06. The van der Waals surface area contributed by atoms with Gasteiger partial charge in [-0.05, 0) is 74.0 Å². The van der Waals surface area contributed by atoms with Gasteiger partial charge in [0.2, 0.25) is 0 Å². The molecule has 0 aliphatic heterocycles. The first kappa shape index (κ1) is 24.5. The molecule has 0 spiro atoms. The summed E-state index contributed by atoms with van der Waals surface area (Å²) >= 11 is 0. The van der Waals surface area contributed by atoms with Crippen LogP contribution in [0.25, 0.3) is 11.8 Å². The van der Waals surface area contributed by atoms with Gasteiger partial charge in [0, 0.05) is 29.3 Å². The predicted octanol–water partition coefficient (Wildman–Crippen LogP) is 5.49. The number of hydrogen-bond donors (Lipinski definition) is 1. The Bertz CT molecular complexity index is 1340. The highest BCUT2D eigenvalue weighted by molar-refractivity contribution is 6.06. The van der Waals surface area contributed by atoms with Gasteiger partial charge in [-0.3, -0.25) is 9.59 Å². The third kappa shape index (κ3) is 6.48. The summed E-state index contributed by atoms with van der Waals surface area (Å²) in [6.45, 7) is 4.13. The lowest BCUT2D eigenvalue weighted by atomic mass is 10.1. The van der Waals surface area contributed by atoms with E-state index in [4.69, 9.17) is 9.47 Å². The molecule has 0 atom stereocenters. The topological polar surface area (TPSA) is 82.5 Å². The number of imidazole rings is 1. The van der Waals surface area contributed by atoms with E-state index in [1.807, 2.05) is 67.1 Å². The third-order valence-electron chi connectivity index (χ3n) is 5.34. The van der Waals surface area contributed by atoms with Crippen molar-refractivity contribution in [1.29, 1.82) is 0 Å². The molecule has 0 radical (unpaired) electrons. The van der Waals surface area contributed by atoms with Crippen LogP contribution in [0, 0.1) is 6.92 Å². The Labute approximate surface area is 210 Å². The molecule has 0 aliphatic rings. The maximum absolute atomic E-state index is 12.6. The van der Waals surface area contributed by atoms with Crippen molar-refractivity contribution >= 4 is 23.5 Å². The number of nitrogens with one attached hydrogen (secondary N) is 1. The van der Waals surface area contributed by atoms with E-state index in [0.29, 0.717) is 29.4 Å². The van der Waals surface area contributed by atoms with E-state index in [1.54, 1.807) is 42.9 Å². The van der Waals surface area contributed by atoms with Gasteiger partial charge in [-0.25, -0.2) is 4.98 Å². The van der Waals surface area contributed by atoms with Crippen molar-refractivity contribution < 1.29 is 19.1 Å². The summed E-state index contributed by atoms with van der Waals surface area (Å²) in [5.74, 6) is 0.572. The van der Waals surface area contributed by atoms with Crippen molar-refractivity contribution in [1.82, 2.24) is 9.55 Å². The summed E-state index contributed by atoms with van der Waals surface area (Å²) in [5.41, 5.74) is 4.11. The first-order chi connectivity index (χ1) is 17.5. The molecule has 0 saturated carbocycles. The highest BCUT2D eigenvalue weighted by Gasteiger charge is 2.10. The molecule has 7 heteroatoms. The van der Waals surface area contributed by atoms with Gasteiger partial charge in [0.05, 0.1) is 12.9 Å². The number of anilines is 1. The molecule has 1 amide bonds. The summed E-state index contributed by atoms with van der Waals surface area (Å²) in [7, 11) is 0. The van der Waals surface area contributed by atoms with Gasteiger partial charge < -0.3 is 19.4 Å². The zero-order chi connectivity index (χ0) is 25.3. The largest absolute Gasteiger partial charge is 0.490 e. The minimum Gasteiger partial charge on any atom is -0.490 e. The summed E-state index contributed by atoms with van der Waals surface area (Å²) in [6, 6.07) is 20.2. The zero-order valence-electron chi connectivity index (χ0n) is 20.2. The molecule has 7 nitrogen and oxygen atoms in total. The van der Waals surface area contributed by atoms with Crippen molar-refractivity contribution in [3.8, 4) is 17.2 Å². The molecular formula is C29H27N3O4. The fourth-order valence-corrected chi connectivity index (χ4v) is 3.47. The monoisotopic (exact) mass is 481 g/mol. The molecule has 0 bridgehead atoms. The van der Waals surface area contributed by atoms with Gasteiger partial charge in [-0.15, -0.1) is 0 Å².